The predicted octanol–water partition coefficient (Wildman–Crippen LogP) is 2.09. The second-order valence-corrected chi connectivity index (χ2v) is 4.30. The number of aliphatic hydroxyl groups excluding tert-OH is 1. The van der Waals surface area contributed by atoms with Gasteiger partial charge in [-0.05, 0) is 18.8 Å². The van der Waals surface area contributed by atoms with Crippen molar-refractivity contribution in [2.75, 3.05) is 6.54 Å². The fourth-order valence-corrected chi connectivity index (χ4v) is 1.57. The van der Waals surface area contributed by atoms with Crippen molar-refractivity contribution in [1.29, 1.82) is 0 Å². The molecule has 0 aromatic heterocycles. The van der Waals surface area contributed by atoms with Crippen LogP contribution < -0.4 is 5.32 Å². The third-order valence-corrected chi connectivity index (χ3v) is 2.59. The summed E-state index contributed by atoms with van der Waals surface area (Å²) in [6, 6.07) is 0. The summed E-state index contributed by atoms with van der Waals surface area (Å²) in [5.41, 5.74) is 0. The highest BCUT2D eigenvalue weighted by Crippen LogP contribution is 2.09. The second-order valence-electron chi connectivity index (χ2n) is 4.30. The van der Waals surface area contributed by atoms with Crippen molar-refractivity contribution in [3.63, 3.8) is 0 Å². The minimum Gasteiger partial charge on any atom is -0.393 e. The number of carbonyl (C=O) groups excluding carboxylic acids is 1. The maximum Gasteiger partial charge on any atom is 0.220 e. The molecule has 2 unspecified atom stereocenters. The summed E-state index contributed by atoms with van der Waals surface area (Å²) in [7, 11) is 0. The monoisotopic (exact) mass is 215 g/mol. The fraction of sp³-hybridized carbons (Fsp3) is 0.917. The molecule has 0 fully saturated rings. The van der Waals surface area contributed by atoms with Gasteiger partial charge in [0.05, 0.1) is 6.10 Å². The largest absolute Gasteiger partial charge is 0.393 e. The first-order chi connectivity index (χ1) is 7.10. The molecule has 90 valence electrons. The molecule has 0 saturated carbocycles. The highest BCUT2D eigenvalue weighted by atomic mass is 16.3. The summed E-state index contributed by atoms with van der Waals surface area (Å²) in [6.07, 6.45) is 3.97. The first-order valence-corrected chi connectivity index (χ1v) is 6.04. The number of carbonyl (C=O) groups is 1. The average molecular weight is 215 g/mol. The molecular weight excluding hydrogens is 190 g/mol. The van der Waals surface area contributed by atoms with Gasteiger partial charge in [0, 0.05) is 13.0 Å². The lowest BCUT2D eigenvalue weighted by Crippen LogP contribution is -2.28. The van der Waals surface area contributed by atoms with E-state index < -0.39 is 0 Å². The van der Waals surface area contributed by atoms with Crippen LogP contribution in [-0.2, 0) is 4.79 Å². The molecule has 1 amide bonds. The van der Waals surface area contributed by atoms with Gasteiger partial charge in [0.2, 0.25) is 5.91 Å². The van der Waals surface area contributed by atoms with Gasteiger partial charge in [-0.2, -0.15) is 0 Å². The van der Waals surface area contributed by atoms with Crippen LogP contribution in [0.4, 0.5) is 0 Å². The van der Waals surface area contributed by atoms with E-state index in [4.69, 9.17) is 0 Å². The van der Waals surface area contributed by atoms with Crippen LogP contribution in [0.1, 0.15) is 52.9 Å². The van der Waals surface area contributed by atoms with Gasteiger partial charge < -0.3 is 10.4 Å². The summed E-state index contributed by atoms with van der Waals surface area (Å²) in [5.74, 6) is 0.574. The van der Waals surface area contributed by atoms with Crippen LogP contribution in [0.5, 0.6) is 0 Å². The molecule has 0 bridgehead atoms. The minimum absolute atomic E-state index is 0.110. The predicted molar refractivity (Wildman–Crippen MR) is 62.6 cm³/mol. The topological polar surface area (TPSA) is 49.3 Å². The molecule has 0 aromatic carbocycles. The molecule has 0 radical (unpaired) electrons. The first kappa shape index (κ1) is 14.4. The summed E-state index contributed by atoms with van der Waals surface area (Å²) >= 11 is 0. The normalized spacial score (nSPS) is 14.7. The zero-order valence-corrected chi connectivity index (χ0v) is 10.3. The zero-order chi connectivity index (χ0) is 11.7. The van der Waals surface area contributed by atoms with Crippen LogP contribution in [0.15, 0.2) is 0 Å². The molecule has 2 N–H and O–H groups in total. The van der Waals surface area contributed by atoms with Gasteiger partial charge in [-0.15, -0.1) is 0 Å². The van der Waals surface area contributed by atoms with Crippen molar-refractivity contribution in [3.8, 4) is 0 Å². The van der Waals surface area contributed by atoms with Crippen molar-refractivity contribution in [2.24, 2.45) is 5.92 Å². The molecule has 0 aromatic rings. The average Bonchev–Trinajstić information content (AvgIpc) is 2.17. The third-order valence-electron chi connectivity index (χ3n) is 2.59. The van der Waals surface area contributed by atoms with E-state index in [0.717, 1.165) is 19.3 Å². The zero-order valence-electron chi connectivity index (χ0n) is 10.3. The van der Waals surface area contributed by atoms with Crippen LogP contribution >= 0.6 is 0 Å². The number of rotatable bonds is 8. The highest BCUT2D eigenvalue weighted by Gasteiger charge is 2.08. The number of hydrogen-bond donors (Lipinski definition) is 2. The van der Waals surface area contributed by atoms with Crippen LogP contribution in [0.3, 0.4) is 0 Å². The van der Waals surface area contributed by atoms with E-state index in [1.807, 2.05) is 6.92 Å². The van der Waals surface area contributed by atoms with Gasteiger partial charge in [0.1, 0.15) is 0 Å². The van der Waals surface area contributed by atoms with E-state index in [1.165, 1.54) is 0 Å². The van der Waals surface area contributed by atoms with Crippen molar-refractivity contribution in [2.45, 2.75) is 59.0 Å². The number of nitrogens with one attached hydrogen (secondary N) is 1. The molecule has 2 atom stereocenters. The van der Waals surface area contributed by atoms with Crippen LogP contribution in [0.25, 0.3) is 0 Å². The van der Waals surface area contributed by atoms with Crippen LogP contribution in [-0.4, -0.2) is 23.7 Å². The Kier molecular flexibility index (Phi) is 8.38. The molecule has 0 rings (SSSR count). The number of hydrogen-bond acceptors (Lipinski definition) is 2. The fourth-order valence-electron chi connectivity index (χ4n) is 1.57. The minimum atomic E-state index is -0.279. The van der Waals surface area contributed by atoms with Gasteiger partial charge in [-0.25, -0.2) is 0 Å². The lowest BCUT2D eigenvalue weighted by Gasteiger charge is -2.11. The molecule has 0 spiro atoms. The van der Waals surface area contributed by atoms with Crippen LogP contribution in [0.2, 0.25) is 0 Å². The molecule has 3 heteroatoms. The lowest BCUT2D eigenvalue weighted by molar-refractivity contribution is -0.122. The Balaban J connectivity index is 3.48. The Morgan fingerprint density at radius 2 is 2.00 bits per heavy atom. The van der Waals surface area contributed by atoms with E-state index in [1.54, 1.807) is 0 Å². The smallest absolute Gasteiger partial charge is 0.220 e. The van der Waals surface area contributed by atoms with E-state index >= 15 is 0 Å². The van der Waals surface area contributed by atoms with E-state index in [2.05, 4.69) is 19.2 Å². The maximum atomic E-state index is 11.4. The van der Waals surface area contributed by atoms with Crippen molar-refractivity contribution >= 4 is 5.91 Å². The van der Waals surface area contributed by atoms with E-state index in [0.29, 0.717) is 25.3 Å². The summed E-state index contributed by atoms with van der Waals surface area (Å²) in [4.78, 5) is 11.4. The van der Waals surface area contributed by atoms with Crippen LogP contribution in [0, 0.1) is 5.92 Å². The van der Waals surface area contributed by atoms with Gasteiger partial charge in [0.25, 0.3) is 0 Å². The molecule has 15 heavy (non-hydrogen) atoms. The standard InChI is InChI=1S/C12H25NO2/c1-4-6-10(3)9-12(15)13-8-7-11(14)5-2/h10-11,14H,4-9H2,1-3H3,(H,13,15). The number of amides is 1. The molecule has 0 aliphatic carbocycles. The third kappa shape index (κ3) is 8.43. The SMILES string of the molecule is CCCC(C)CC(=O)NCCC(O)CC. The Morgan fingerprint density at radius 3 is 2.53 bits per heavy atom. The van der Waals surface area contributed by atoms with Gasteiger partial charge in [-0.1, -0.05) is 33.6 Å². The lowest BCUT2D eigenvalue weighted by atomic mass is 10.0. The molecule has 0 aliphatic heterocycles. The van der Waals surface area contributed by atoms with Gasteiger partial charge >= 0.3 is 0 Å². The van der Waals surface area contributed by atoms with E-state index in [9.17, 15) is 9.90 Å². The summed E-state index contributed by atoms with van der Waals surface area (Å²) in [6.45, 7) is 6.76. The molecule has 0 aliphatic rings. The molecule has 0 saturated heterocycles. The van der Waals surface area contributed by atoms with Crippen molar-refractivity contribution < 1.29 is 9.90 Å². The second kappa shape index (κ2) is 8.72. The van der Waals surface area contributed by atoms with E-state index in [-0.39, 0.29) is 12.0 Å². The Morgan fingerprint density at radius 1 is 1.33 bits per heavy atom. The van der Waals surface area contributed by atoms with Gasteiger partial charge in [0.15, 0.2) is 0 Å². The Hall–Kier alpha value is -0.570. The molecule has 0 heterocycles. The molecular formula is C12H25NO2. The highest BCUT2D eigenvalue weighted by molar-refractivity contribution is 5.76. The van der Waals surface area contributed by atoms with Crippen molar-refractivity contribution in [3.05, 3.63) is 0 Å². The number of aliphatic hydroxyl groups is 1. The Labute approximate surface area is 93.3 Å². The molecule has 3 nitrogen and oxygen atoms in total. The quantitative estimate of drug-likeness (QED) is 0.651. The first-order valence-electron chi connectivity index (χ1n) is 6.04. The Bertz CT molecular complexity index is 171. The summed E-state index contributed by atoms with van der Waals surface area (Å²) in [5, 5.41) is 12.1. The van der Waals surface area contributed by atoms with Crippen molar-refractivity contribution in [1.82, 2.24) is 5.32 Å². The van der Waals surface area contributed by atoms with Gasteiger partial charge in [-0.3, -0.25) is 4.79 Å². The maximum absolute atomic E-state index is 11.4. The summed E-state index contributed by atoms with van der Waals surface area (Å²) < 4.78 is 0.